The molecule has 14 heteroatoms. The molecule has 1 aromatic carbocycles. The molecule has 0 aromatic heterocycles. The van der Waals surface area contributed by atoms with Gasteiger partial charge in [-0.2, -0.15) is 43.9 Å². The quantitative estimate of drug-likeness (QED) is 0.220. The van der Waals surface area contributed by atoms with Crippen LogP contribution in [0, 0.1) is 5.92 Å². The second-order valence-corrected chi connectivity index (χ2v) is 8.68. The highest BCUT2D eigenvalue weighted by Crippen LogP contribution is 2.58. The lowest BCUT2D eigenvalue weighted by atomic mass is 9.78. The van der Waals surface area contributed by atoms with Gasteiger partial charge in [0.2, 0.25) is 0 Å². The number of alkyl halides is 12. The van der Waals surface area contributed by atoms with Crippen LogP contribution in [-0.2, 0) is 4.74 Å². The van der Waals surface area contributed by atoms with Crippen molar-refractivity contribution in [1.29, 1.82) is 0 Å². The number of carbonyl (C=O) groups is 1. The Kier molecular flexibility index (Phi) is 8.61. The molecule has 0 atom stereocenters. The van der Waals surface area contributed by atoms with Crippen molar-refractivity contribution in [3.8, 4) is 0 Å². The number of hydrogen-bond acceptors (Lipinski definition) is 2. The first-order valence-electron chi connectivity index (χ1n) is 10.8. The van der Waals surface area contributed by atoms with Crippen LogP contribution in [0.25, 0.3) is 0 Å². The lowest BCUT2D eigenvalue weighted by Crippen LogP contribution is -2.69. The van der Waals surface area contributed by atoms with E-state index in [1.165, 1.54) is 12.1 Å². The van der Waals surface area contributed by atoms with Gasteiger partial charge in [-0.25, -0.2) is 13.6 Å². The van der Waals surface area contributed by atoms with Crippen molar-refractivity contribution in [1.82, 2.24) is 0 Å². The van der Waals surface area contributed by atoms with Gasteiger partial charge >= 0.3 is 42.0 Å². The summed E-state index contributed by atoms with van der Waals surface area (Å²) >= 11 is 0. The molecule has 0 aliphatic heterocycles. The Labute approximate surface area is 198 Å². The molecule has 206 valence electrons. The monoisotopic (exact) mass is 546 g/mol. The molecule has 1 fully saturated rings. The number of hydrogen-bond donors (Lipinski definition) is 0. The lowest BCUT2D eigenvalue weighted by Gasteiger charge is -2.38. The molecule has 0 spiro atoms. The van der Waals surface area contributed by atoms with E-state index >= 15 is 0 Å². The molecular formula is C22H22F12O2. The Morgan fingerprint density at radius 3 is 1.78 bits per heavy atom. The second-order valence-electron chi connectivity index (χ2n) is 8.68. The number of esters is 1. The van der Waals surface area contributed by atoms with Crippen LogP contribution in [0.2, 0.25) is 0 Å². The maximum absolute atomic E-state index is 13.8. The minimum absolute atomic E-state index is 0.149. The number of carbonyl (C=O) groups excluding carboxylic acids is 1. The van der Waals surface area contributed by atoms with Gasteiger partial charge in [0.05, 0.1) is 5.56 Å². The van der Waals surface area contributed by atoms with Gasteiger partial charge in [0.15, 0.2) is 6.61 Å². The second kappa shape index (κ2) is 10.3. The predicted octanol–water partition coefficient (Wildman–Crippen LogP) is 7.97. The van der Waals surface area contributed by atoms with Gasteiger partial charge in [-0.15, -0.1) is 0 Å². The lowest BCUT2D eigenvalue weighted by molar-refractivity contribution is -0.414. The molecule has 1 saturated carbocycles. The fourth-order valence-electron chi connectivity index (χ4n) is 3.90. The van der Waals surface area contributed by atoms with Crippen LogP contribution in [0.1, 0.15) is 60.9 Å². The molecule has 1 aliphatic carbocycles. The zero-order valence-electron chi connectivity index (χ0n) is 18.6. The van der Waals surface area contributed by atoms with Crippen LogP contribution in [0.4, 0.5) is 52.7 Å². The molecule has 2 nitrogen and oxygen atoms in total. The van der Waals surface area contributed by atoms with Crippen molar-refractivity contribution in [2.75, 3.05) is 6.61 Å². The van der Waals surface area contributed by atoms with Gasteiger partial charge in [0.25, 0.3) is 0 Å². The summed E-state index contributed by atoms with van der Waals surface area (Å²) in [5.41, 5.74) is 0.321. The summed E-state index contributed by atoms with van der Waals surface area (Å²) in [6.07, 6.45) is -0.896. The van der Waals surface area contributed by atoms with E-state index in [1.807, 2.05) is 0 Å². The SMILES string of the molecule is CCC1CCC(c2ccc(C(=O)OCC(F)(F)C(F)(F)C(F)(F)C(F)(F)C(F)(F)C(F)F)cc2)CC1. The average molecular weight is 546 g/mol. The minimum Gasteiger partial charge on any atom is -0.455 e. The molecule has 2 rings (SSSR count). The van der Waals surface area contributed by atoms with Crippen molar-refractivity contribution >= 4 is 5.97 Å². The van der Waals surface area contributed by atoms with Gasteiger partial charge in [0.1, 0.15) is 0 Å². The third-order valence-corrected chi connectivity index (χ3v) is 6.37. The highest BCUT2D eigenvalue weighted by molar-refractivity contribution is 5.89. The van der Waals surface area contributed by atoms with Crippen LogP contribution >= 0.6 is 0 Å². The van der Waals surface area contributed by atoms with E-state index in [0.29, 0.717) is 5.92 Å². The van der Waals surface area contributed by atoms with E-state index in [0.717, 1.165) is 49.8 Å². The van der Waals surface area contributed by atoms with Crippen LogP contribution < -0.4 is 0 Å². The Morgan fingerprint density at radius 2 is 1.33 bits per heavy atom. The van der Waals surface area contributed by atoms with Crippen LogP contribution in [-0.4, -0.2) is 48.6 Å². The van der Waals surface area contributed by atoms with Gasteiger partial charge in [-0.3, -0.25) is 0 Å². The third kappa shape index (κ3) is 5.27. The molecule has 0 N–H and O–H groups in total. The molecule has 0 heterocycles. The summed E-state index contributed by atoms with van der Waals surface area (Å²) in [5.74, 6) is -37.0. The van der Waals surface area contributed by atoms with Gasteiger partial charge in [0, 0.05) is 0 Å². The van der Waals surface area contributed by atoms with E-state index in [2.05, 4.69) is 11.7 Å². The van der Waals surface area contributed by atoms with Crippen molar-refractivity contribution in [2.45, 2.75) is 81.0 Å². The summed E-state index contributed by atoms with van der Waals surface area (Å²) in [7, 11) is 0. The third-order valence-electron chi connectivity index (χ3n) is 6.37. The molecule has 0 bridgehead atoms. The van der Waals surface area contributed by atoms with Crippen molar-refractivity contribution in [2.24, 2.45) is 5.92 Å². The summed E-state index contributed by atoms with van der Waals surface area (Å²) in [6, 6.07) is 5.07. The molecule has 0 saturated heterocycles. The van der Waals surface area contributed by atoms with Gasteiger partial charge in [-0.05, 0) is 55.2 Å². The molecule has 1 aromatic rings. The molecule has 0 amide bonds. The van der Waals surface area contributed by atoms with Gasteiger partial charge in [-0.1, -0.05) is 25.5 Å². The number of halogens is 12. The van der Waals surface area contributed by atoms with E-state index < -0.39 is 54.2 Å². The smallest absolute Gasteiger partial charge is 0.384 e. The Hall–Kier alpha value is -2.15. The first-order chi connectivity index (χ1) is 16.3. The van der Waals surface area contributed by atoms with Crippen molar-refractivity contribution in [3.63, 3.8) is 0 Å². The summed E-state index contributed by atoms with van der Waals surface area (Å²) < 4.78 is 162. The number of rotatable bonds is 10. The minimum atomic E-state index is -7.66. The van der Waals surface area contributed by atoms with E-state index in [-0.39, 0.29) is 5.92 Å². The Balaban J connectivity index is 2.11. The van der Waals surface area contributed by atoms with Crippen LogP contribution in [0.3, 0.4) is 0 Å². The maximum atomic E-state index is 13.8. The first kappa shape index (κ1) is 30.1. The highest BCUT2D eigenvalue weighted by atomic mass is 19.4. The zero-order valence-corrected chi connectivity index (χ0v) is 18.6. The molecule has 1 aliphatic rings. The van der Waals surface area contributed by atoms with E-state index in [1.54, 1.807) is 0 Å². The van der Waals surface area contributed by atoms with Crippen molar-refractivity contribution in [3.05, 3.63) is 35.4 Å². The first-order valence-corrected chi connectivity index (χ1v) is 10.8. The molecule has 0 radical (unpaired) electrons. The topological polar surface area (TPSA) is 26.3 Å². The average Bonchev–Trinajstić information content (AvgIpc) is 2.82. The summed E-state index contributed by atoms with van der Waals surface area (Å²) in [5, 5.41) is 0. The fourth-order valence-corrected chi connectivity index (χ4v) is 3.90. The van der Waals surface area contributed by atoms with Crippen molar-refractivity contribution < 1.29 is 62.2 Å². The number of benzene rings is 1. The van der Waals surface area contributed by atoms with Gasteiger partial charge < -0.3 is 4.74 Å². The molecule has 0 unspecified atom stereocenters. The summed E-state index contributed by atoms with van der Waals surface area (Å²) in [6.45, 7) is -0.857. The molecular weight excluding hydrogens is 524 g/mol. The normalized spacial score (nSPS) is 20.5. The largest absolute Gasteiger partial charge is 0.455 e. The van der Waals surface area contributed by atoms with E-state index in [4.69, 9.17) is 0 Å². The predicted molar refractivity (Wildman–Crippen MR) is 102 cm³/mol. The fraction of sp³-hybridized carbons (Fsp3) is 0.682. The summed E-state index contributed by atoms with van der Waals surface area (Å²) in [4.78, 5) is 11.9. The highest BCUT2D eigenvalue weighted by Gasteiger charge is 2.87. The molecule has 36 heavy (non-hydrogen) atoms. The van der Waals surface area contributed by atoms with E-state index in [9.17, 15) is 57.5 Å². The Bertz CT molecular complexity index is 891. The maximum Gasteiger partial charge on any atom is 0.384 e. The zero-order chi connectivity index (χ0) is 27.7. The standard InChI is InChI=1S/C22H22F12O2/c1-2-12-3-5-13(6-4-12)14-7-9-15(10-8-14)16(35)36-11-18(25,26)20(29,30)22(33,34)21(31,32)19(27,28)17(23)24/h7-10,12-13,17H,2-6,11H2,1H3. The van der Waals surface area contributed by atoms with Crippen LogP contribution in [0.15, 0.2) is 24.3 Å². The number of ether oxygens (including phenoxy) is 1. The Morgan fingerprint density at radius 1 is 0.833 bits per heavy atom. The van der Waals surface area contributed by atoms with Crippen LogP contribution in [0.5, 0.6) is 0 Å².